The van der Waals surface area contributed by atoms with Crippen molar-refractivity contribution in [2.75, 3.05) is 44.8 Å². The number of ether oxygens (including phenoxy) is 2. The van der Waals surface area contributed by atoms with E-state index in [-0.39, 0.29) is 5.75 Å². The summed E-state index contributed by atoms with van der Waals surface area (Å²) in [6, 6.07) is 2.11. The molecule has 3 heterocycles. The number of carbonyl (C=O) groups is 1. The fourth-order valence-corrected chi connectivity index (χ4v) is 5.40. The van der Waals surface area contributed by atoms with Gasteiger partial charge in [-0.1, -0.05) is 0 Å². The molecule has 37 heavy (non-hydrogen) atoms. The number of alkyl halides is 2. The fraction of sp³-hybridized carbons (Fsp3) is 0.577. The lowest BCUT2D eigenvalue weighted by Crippen LogP contribution is -2.58. The number of amides is 1. The quantitative estimate of drug-likeness (QED) is 0.462. The number of methoxy groups -OCH3 is 1. The van der Waals surface area contributed by atoms with Crippen LogP contribution in [0.3, 0.4) is 0 Å². The maximum atomic E-state index is 14.4. The molecule has 2 atom stereocenters. The third kappa shape index (κ3) is 5.91. The zero-order valence-corrected chi connectivity index (χ0v) is 20.6. The lowest BCUT2D eigenvalue weighted by molar-refractivity contribution is -0.165. The molecule has 0 N–H and O–H groups in total. The van der Waals surface area contributed by atoms with E-state index in [1.165, 1.54) is 0 Å². The van der Waals surface area contributed by atoms with Crippen LogP contribution in [0.15, 0.2) is 24.5 Å². The maximum Gasteiger partial charge on any atom is 0.282 e. The van der Waals surface area contributed by atoms with Gasteiger partial charge < -0.3 is 19.3 Å². The van der Waals surface area contributed by atoms with Crippen molar-refractivity contribution in [3.05, 3.63) is 41.7 Å². The summed E-state index contributed by atoms with van der Waals surface area (Å²) < 4.78 is 65.5. The van der Waals surface area contributed by atoms with Gasteiger partial charge in [0.05, 0.1) is 45.6 Å². The first-order valence-electron chi connectivity index (χ1n) is 12.6. The highest BCUT2D eigenvalue weighted by Gasteiger charge is 2.46. The molecule has 0 bridgehead atoms. The monoisotopic (exact) mass is 522 g/mol. The van der Waals surface area contributed by atoms with E-state index >= 15 is 0 Å². The van der Waals surface area contributed by atoms with Crippen molar-refractivity contribution in [1.82, 2.24) is 14.9 Å². The van der Waals surface area contributed by atoms with Crippen molar-refractivity contribution < 1.29 is 31.8 Å². The highest BCUT2D eigenvalue weighted by atomic mass is 19.3. The van der Waals surface area contributed by atoms with Crippen LogP contribution in [0.5, 0.6) is 11.5 Å². The normalized spacial score (nSPS) is 22.9. The third-order valence-corrected chi connectivity index (χ3v) is 7.65. The number of nitrogens with zero attached hydrogens (tertiary/aromatic N) is 4. The molecular formula is C26H30F4N4O3. The maximum absolute atomic E-state index is 14.4. The number of aromatic nitrogens is 2. The molecule has 1 amide bonds. The molecule has 0 unspecified atom stereocenters. The van der Waals surface area contributed by atoms with Crippen LogP contribution in [-0.2, 0) is 11.2 Å². The van der Waals surface area contributed by atoms with Crippen LogP contribution in [-0.4, -0.2) is 66.6 Å². The first-order chi connectivity index (χ1) is 17.7. The smallest absolute Gasteiger partial charge is 0.282 e. The second-order valence-corrected chi connectivity index (χ2v) is 10.2. The summed E-state index contributed by atoms with van der Waals surface area (Å²) in [5, 5.41) is 0. The predicted octanol–water partition coefficient (Wildman–Crippen LogP) is 4.11. The molecule has 0 spiro atoms. The molecule has 200 valence electrons. The largest absolute Gasteiger partial charge is 0.494 e. The number of piperidine rings is 1. The summed E-state index contributed by atoms with van der Waals surface area (Å²) in [5.41, 5.74) is -0.429. The van der Waals surface area contributed by atoms with Crippen molar-refractivity contribution in [3.63, 3.8) is 0 Å². The minimum atomic E-state index is -2.92. The number of hydrogen-bond donors (Lipinski definition) is 0. The highest BCUT2D eigenvalue weighted by Crippen LogP contribution is 2.50. The number of rotatable bonds is 9. The van der Waals surface area contributed by atoms with Crippen molar-refractivity contribution in [1.29, 1.82) is 0 Å². The topological polar surface area (TPSA) is 67.8 Å². The first kappa shape index (κ1) is 25.5. The molecule has 1 aliphatic carbocycles. The summed E-state index contributed by atoms with van der Waals surface area (Å²) in [4.78, 5) is 23.8. The highest BCUT2D eigenvalue weighted by molar-refractivity contribution is 5.80. The van der Waals surface area contributed by atoms with E-state index in [1.807, 2.05) is 0 Å². The summed E-state index contributed by atoms with van der Waals surface area (Å²) in [6.07, 6.45) is 6.83. The minimum absolute atomic E-state index is 0.0617. The molecule has 3 fully saturated rings. The van der Waals surface area contributed by atoms with Crippen LogP contribution in [0, 0.1) is 29.4 Å². The number of benzene rings is 1. The van der Waals surface area contributed by atoms with Crippen molar-refractivity contribution in [3.8, 4) is 11.5 Å². The first-order valence-corrected chi connectivity index (χ1v) is 12.6. The Kier molecular flexibility index (Phi) is 7.13. The van der Waals surface area contributed by atoms with E-state index in [0.29, 0.717) is 30.1 Å². The lowest BCUT2D eigenvalue weighted by atomic mass is 9.90. The zero-order valence-electron chi connectivity index (χ0n) is 20.6. The number of anilines is 1. The second-order valence-electron chi connectivity index (χ2n) is 10.2. The lowest BCUT2D eigenvalue weighted by Gasteiger charge is -2.38. The van der Waals surface area contributed by atoms with Gasteiger partial charge >= 0.3 is 0 Å². The van der Waals surface area contributed by atoms with E-state index in [4.69, 9.17) is 9.47 Å². The van der Waals surface area contributed by atoms with Crippen molar-refractivity contribution in [2.24, 2.45) is 17.8 Å². The summed E-state index contributed by atoms with van der Waals surface area (Å²) >= 11 is 0. The summed E-state index contributed by atoms with van der Waals surface area (Å²) in [5.74, 6) is -2.24. The molecule has 2 aliphatic heterocycles. The zero-order chi connectivity index (χ0) is 26.2. The van der Waals surface area contributed by atoms with Gasteiger partial charge in [0.25, 0.3) is 5.92 Å². The molecule has 5 rings (SSSR count). The van der Waals surface area contributed by atoms with Crippen LogP contribution in [0.4, 0.5) is 23.5 Å². The molecular weight excluding hydrogens is 492 g/mol. The Morgan fingerprint density at radius 3 is 2.32 bits per heavy atom. The number of likely N-dealkylation sites (tertiary alicyclic amines) is 1. The molecule has 1 aromatic carbocycles. The summed E-state index contributed by atoms with van der Waals surface area (Å²) in [6.45, 7) is 0.734. The number of halogens is 4. The average molecular weight is 523 g/mol. The van der Waals surface area contributed by atoms with Crippen LogP contribution in [0.25, 0.3) is 0 Å². The van der Waals surface area contributed by atoms with Crippen molar-refractivity contribution >= 4 is 11.9 Å². The Labute approximate surface area is 212 Å². The van der Waals surface area contributed by atoms with E-state index in [1.54, 1.807) is 19.5 Å². The minimum Gasteiger partial charge on any atom is -0.494 e. The third-order valence-electron chi connectivity index (χ3n) is 7.65. The average Bonchev–Trinajstić information content (AvgIpc) is 3.64. The van der Waals surface area contributed by atoms with Gasteiger partial charge in [-0.25, -0.2) is 27.5 Å². The molecule has 0 radical (unpaired) electrons. The van der Waals surface area contributed by atoms with Crippen LogP contribution < -0.4 is 14.4 Å². The van der Waals surface area contributed by atoms with E-state index < -0.39 is 48.5 Å². The Hall–Kier alpha value is -3.11. The Bertz CT molecular complexity index is 1090. The van der Waals surface area contributed by atoms with Crippen LogP contribution in [0.1, 0.15) is 31.2 Å². The SMILES string of the molecule is COc1cnc(N2CCC([C@H]3C[C@H]3CCOc3cc(F)c(CC(=O)N4CC(F)(F)C4)c(F)c3)CC2)nc1. The Morgan fingerprint density at radius 1 is 1.08 bits per heavy atom. The van der Waals surface area contributed by atoms with E-state index in [0.717, 1.165) is 61.8 Å². The molecule has 11 heteroatoms. The van der Waals surface area contributed by atoms with Crippen molar-refractivity contribution in [2.45, 2.75) is 38.0 Å². The van der Waals surface area contributed by atoms with E-state index in [9.17, 15) is 22.4 Å². The molecule has 1 saturated carbocycles. The van der Waals surface area contributed by atoms with Crippen LogP contribution in [0.2, 0.25) is 0 Å². The van der Waals surface area contributed by atoms with Gasteiger partial charge in [-0.15, -0.1) is 0 Å². The van der Waals surface area contributed by atoms with Gasteiger partial charge in [0.2, 0.25) is 11.9 Å². The molecule has 7 nitrogen and oxygen atoms in total. The Balaban J connectivity index is 1.04. The predicted molar refractivity (Wildman–Crippen MR) is 127 cm³/mol. The summed E-state index contributed by atoms with van der Waals surface area (Å²) in [7, 11) is 1.59. The van der Waals surface area contributed by atoms with Gasteiger partial charge in [0, 0.05) is 30.8 Å². The number of hydrogen-bond acceptors (Lipinski definition) is 6. The molecule has 3 aliphatic rings. The second kappa shape index (κ2) is 10.3. The molecule has 1 aromatic heterocycles. The van der Waals surface area contributed by atoms with Gasteiger partial charge in [-0.3, -0.25) is 4.79 Å². The van der Waals surface area contributed by atoms with E-state index in [2.05, 4.69) is 14.9 Å². The van der Waals surface area contributed by atoms with Crippen LogP contribution >= 0.6 is 0 Å². The molecule has 2 aromatic rings. The van der Waals surface area contributed by atoms with Gasteiger partial charge in [-0.2, -0.15) is 0 Å². The van der Waals surface area contributed by atoms with Gasteiger partial charge in [0.1, 0.15) is 17.4 Å². The Morgan fingerprint density at radius 2 is 1.73 bits per heavy atom. The molecule has 2 saturated heterocycles. The standard InChI is InChI=1S/C26H30F4N4O3/c1-36-19-12-31-25(32-13-19)33-5-2-16(3-6-33)20-8-17(20)4-7-37-18-9-22(27)21(23(28)10-18)11-24(35)34-14-26(29,30)15-34/h9-10,12-13,16-17,20H,2-8,11,14-15H2,1H3/t17-,20-/m1/s1. The fourth-order valence-electron chi connectivity index (χ4n) is 5.40. The van der Waals surface area contributed by atoms with Gasteiger partial charge in [-0.05, 0) is 43.4 Å². The number of carbonyl (C=O) groups excluding carboxylic acids is 1. The van der Waals surface area contributed by atoms with Gasteiger partial charge in [0.15, 0.2) is 5.75 Å².